The van der Waals surface area contributed by atoms with E-state index in [2.05, 4.69) is 24.5 Å². The van der Waals surface area contributed by atoms with Gasteiger partial charge in [0.1, 0.15) is 11.3 Å². The lowest BCUT2D eigenvalue weighted by molar-refractivity contribution is 0.102. The van der Waals surface area contributed by atoms with Crippen molar-refractivity contribution in [2.24, 2.45) is 5.92 Å². The smallest absolute Gasteiger partial charge is 0.349 e. The normalized spacial score (nSPS) is 13.7. The van der Waals surface area contributed by atoms with Crippen LogP contribution in [0.3, 0.4) is 0 Å². The first kappa shape index (κ1) is 19.7. The lowest BCUT2D eigenvalue weighted by Crippen LogP contribution is -2.28. The van der Waals surface area contributed by atoms with Crippen molar-refractivity contribution in [2.75, 3.05) is 23.3 Å². The SMILES string of the molecule is Cc1cc(CCC(C)C)oc(=O)c1C(=O)Nc1cccc(N2CCNC2=O)c1. The molecule has 3 amide bonds. The minimum atomic E-state index is -0.633. The zero-order valence-electron chi connectivity index (χ0n) is 16.4. The van der Waals surface area contributed by atoms with E-state index >= 15 is 0 Å². The minimum Gasteiger partial charge on any atom is -0.427 e. The number of urea groups is 1. The highest BCUT2D eigenvalue weighted by Crippen LogP contribution is 2.22. The molecule has 1 aliphatic rings. The molecule has 7 heteroatoms. The van der Waals surface area contributed by atoms with Crippen molar-refractivity contribution in [2.45, 2.75) is 33.6 Å². The predicted octanol–water partition coefficient (Wildman–Crippen LogP) is 3.32. The molecule has 2 N–H and O–H groups in total. The van der Waals surface area contributed by atoms with Crippen LogP contribution in [0.5, 0.6) is 0 Å². The van der Waals surface area contributed by atoms with Crippen molar-refractivity contribution in [3.05, 3.63) is 57.6 Å². The summed E-state index contributed by atoms with van der Waals surface area (Å²) in [5.41, 5.74) is 1.14. The second kappa shape index (κ2) is 8.29. The van der Waals surface area contributed by atoms with Gasteiger partial charge in [0.2, 0.25) is 0 Å². The molecule has 0 aliphatic carbocycles. The molecule has 2 heterocycles. The Morgan fingerprint density at radius 3 is 2.71 bits per heavy atom. The van der Waals surface area contributed by atoms with Gasteiger partial charge in [-0.1, -0.05) is 19.9 Å². The summed E-state index contributed by atoms with van der Waals surface area (Å²) >= 11 is 0. The third-order valence-corrected chi connectivity index (χ3v) is 4.67. The Balaban J connectivity index is 1.78. The van der Waals surface area contributed by atoms with Gasteiger partial charge < -0.3 is 15.1 Å². The summed E-state index contributed by atoms with van der Waals surface area (Å²) in [7, 11) is 0. The summed E-state index contributed by atoms with van der Waals surface area (Å²) in [5, 5.41) is 5.47. The van der Waals surface area contributed by atoms with E-state index in [0.717, 1.165) is 6.42 Å². The van der Waals surface area contributed by atoms with Crippen LogP contribution in [0.4, 0.5) is 16.2 Å². The molecule has 3 rings (SSSR count). The van der Waals surface area contributed by atoms with E-state index in [1.54, 1.807) is 42.2 Å². The summed E-state index contributed by atoms with van der Waals surface area (Å²) in [6.45, 7) is 7.09. The van der Waals surface area contributed by atoms with E-state index in [9.17, 15) is 14.4 Å². The van der Waals surface area contributed by atoms with Gasteiger partial charge in [0.05, 0.1) is 0 Å². The lowest BCUT2D eigenvalue weighted by Gasteiger charge is -2.15. The van der Waals surface area contributed by atoms with Crippen molar-refractivity contribution in [3.63, 3.8) is 0 Å². The second-order valence-corrected chi connectivity index (χ2v) is 7.38. The first-order valence-corrected chi connectivity index (χ1v) is 9.45. The molecule has 1 aromatic carbocycles. The summed E-state index contributed by atoms with van der Waals surface area (Å²) in [6, 6.07) is 8.55. The van der Waals surface area contributed by atoms with Crippen LogP contribution in [0.25, 0.3) is 0 Å². The van der Waals surface area contributed by atoms with Gasteiger partial charge in [-0.15, -0.1) is 0 Å². The zero-order chi connectivity index (χ0) is 20.3. The molecule has 1 fully saturated rings. The van der Waals surface area contributed by atoms with E-state index < -0.39 is 11.5 Å². The topological polar surface area (TPSA) is 91.7 Å². The van der Waals surface area contributed by atoms with Crippen molar-refractivity contribution in [3.8, 4) is 0 Å². The fourth-order valence-corrected chi connectivity index (χ4v) is 3.16. The van der Waals surface area contributed by atoms with Crippen molar-refractivity contribution < 1.29 is 14.0 Å². The molecule has 0 radical (unpaired) electrons. The van der Waals surface area contributed by atoms with Gasteiger partial charge in [0.25, 0.3) is 5.91 Å². The number of hydrogen-bond donors (Lipinski definition) is 2. The van der Waals surface area contributed by atoms with Crippen LogP contribution in [-0.2, 0) is 6.42 Å². The average molecular weight is 383 g/mol. The Labute approximate surface area is 163 Å². The maximum Gasteiger partial charge on any atom is 0.349 e. The molecule has 1 aromatic heterocycles. The third-order valence-electron chi connectivity index (χ3n) is 4.67. The number of nitrogens with zero attached hydrogens (tertiary/aromatic N) is 1. The number of benzene rings is 1. The fourth-order valence-electron chi connectivity index (χ4n) is 3.16. The first-order valence-electron chi connectivity index (χ1n) is 9.45. The highest BCUT2D eigenvalue weighted by molar-refractivity contribution is 6.05. The average Bonchev–Trinajstić information content (AvgIpc) is 3.05. The Kier molecular flexibility index (Phi) is 5.82. The van der Waals surface area contributed by atoms with Crippen LogP contribution >= 0.6 is 0 Å². The molecule has 2 aromatic rings. The van der Waals surface area contributed by atoms with Gasteiger partial charge >= 0.3 is 11.7 Å². The Hall–Kier alpha value is -3.09. The van der Waals surface area contributed by atoms with Crippen LogP contribution in [0.15, 0.2) is 39.5 Å². The predicted molar refractivity (Wildman–Crippen MR) is 108 cm³/mol. The standard InChI is InChI=1S/C21H25N3O4/c1-13(2)7-8-17-11-14(3)18(20(26)28-17)19(25)23-15-5-4-6-16(12-15)24-10-9-22-21(24)27/h4-6,11-13H,7-10H2,1-3H3,(H,22,27)(H,23,25). The van der Waals surface area contributed by atoms with Gasteiger partial charge in [-0.3, -0.25) is 9.69 Å². The van der Waals surface area contributed by atoms with Crippen LogP contribution < -0.4 is 21.2 Å². The lowest BCUT2D eigenvalue weighted by atomic mass is 10.0. The Morgan fingerprint density at radius 2 is 2.07 bits per heavy atom. The molecule has 148 valence electrons. The highest BCUT2D eigenvalue weighted by Gasteiger charge is 2.22. The van der Waals surface area contributed by atoms with Crippen molar-refractivity contribution in [1.29, 1.82) is 0 Å². The molecular formula is C21H25N3O4. The molecule has 7 nitrogen and oxygen atoms in total. The monoisotopic (exact) mass is 383 g/mol. The molecule has 0 atom stereocenters. The van der Waals surface area contributed by atoms with E-state index in [1.807, 2.05) is 0 Å². The summed E-state index contributed by atoms with van der Waals surface area (Å²) in [4.78, 5) is 38.4. The Morgan fingerprint density at radius 1 is 1.29 bits per heavy atom. The molecule has 0 spiro atoms. The maximum absolute atomic E-state index is 12.7. The number of carbonyl (C=O) groups is 2. The zero-order valence-corrected chi connectivity index (χ0v) is 16.4. The van der Waals surface area contributed by atoms with Gasteiger partial charge in [0.15, 0.2) is 0 Å². The van der Waals surface area contributed by atoms with Crippen LogP contribution in [0.1, 0.15) is 41.9 Å². The second-order valence-electron chi connectivity index (χ2n) is 7.38. The molecule has 1 aliphatic heterocycles. The van der Waals surface area contributed by atoms with Gasteiger partial charge in [0, 0.05) is 30.9 Å². The number of hydrogen-bond acceptors (Lipinski definition) is 4. The van der Waals surface area contributed by atoms with Crippen molar-refractivity contribution >= 4 is 23.3 Å². The summed E-state index contributed by atoms with van der Waals surface area (Å²) < 4.78 is 5.34. The van der Waals surface area contributed by atoms with Crippen LogP contribution in [0, 0.1) is 12.8 Å². The maximum atomic E-state index is 12.7. The number of aryl methyl sites for hydroxylation is 2. The number of nitrogens with one attached hydrogen (secondary N) is 2. The van der Waals surface area contributed by atoms with E-state index in [1.165, 1.54) is 0 Å². The molecule has 0 saturated carbocycles. The first-order chi connectivity index (χ1) is 13.3. The number of carbonyl (C=O) groups excluding carboxylic acids is 2. The number of amides is 3. The molecular weight excluding hydrogens is 358 g/mol. The van der Waals surface area contributed by atoms with Gasteiger partial charge in [-0.25, -0.2) is 9.59 Å². The number of anilines is 2. The van der Waals surface area contributed by atoms with Gasteiger partial charge in [-0.05, 0) is 49.1 Å². The molecule has 0 unspecified atom stereocenters. The van der Waals surface area contributed by atoms with E-state index in [-0.39, 0.29) is 11.6 Å². The fraction of sp³-hybridized carbons (Fsp3) is 0.381. The minimum absolute atomic E-state index is 0.00221. The van der Waals surface area contributed by atoms with E-state index in [4.69, 9.17) is 4.42 Å². The molecule has 28 heavy (non-hydrogen) atoms. The van der Waals surface area contributed by atoms with E-state index in [0.29, 0.717) is 48.1 Å². The highest BCUT2D eigenvalue weighted by atomic mass is 16.4. The number of rotatable bonds is 6. The van der Waals surface area contributed by atoms with Crippen LogP contribution in [0.2, 0.25) is 0 Å². The molecule has 0 bridgehead atoms. The molecule has 1 saturated heterocycles. The summed E-state index contributed by atoms with van der Waals surface area (Å²) in [5.74, 6) is 0.568. The van der Waals surface area contributed by atoms with Gasteiger partial charge in [-0.2, -0.15) is 0 Å². The quantitative estimate of drug-likeness (QED) is 0.800. The van der Waals surface area contributed by atoms with Crippen molar-refractivity contribution in [1.82, 2.24) is 5.32 Å². The van der Waals surface area contributed by atoms with Crippen LogP contribution in [-0.4, -0.2) is 25.0 Å². The largest absolute Gasteiger partial charge is 0.427 e. The Bertz CT molecular complexity index is 949. The third kappa shape index (κ3) is 4.42. The summed E-state index contributed by atoms with van der Waals surface area (Å²) in [6.07, 6.45) is 1.57.